The van der Waals surface area contributed by atoms with Gasteiger partial charge in [-0.3, -0.25) is 9.59 Å². The zero-order valence-corrected chi connectivity index (χ0v) is 26.2. The molecule has 0 saturated carbocycles. The highest BCUT2D eigenvalue weighted by atomic mass is 35.5. The lowest BCUT2D eigenvalue weighted by Crippen LogP contribution is -2.57. The third-order valence-electron chi connectivity index (χ3n) is 7.10. The standard InChI is InChI=1S/C29H36ClF2N7O3.ClH/c1-15(33)13-34-25(29(2,3)4)28(41)39-10-6-7-21(39)27(40)38-20-11-16-19(12-22(20)42-5)35-14-36-26(16)37-18-9-8-17(31)23(30)24(18)32;/h8-9,11-12,14-15,21,25,34H,6-7,10,13,33H2,1-5H3,(H,38,40)(H,35,36,37);1H/t15-,21-,25+;/m0./s1. The van der Waals surface area contributed by atoms with Crippen LogP contribution >= 0.6 is 24.0 Å². The van der Waals surface area contributed by atoms with Crippen molar-refractivity contribution in [2.24, 2.45) is 11.1 Å². The number of ether oxygens (including phenoxy) is 1. The van der Waals surface area contributed by atoms with Gasteiger partial charge in [-0.15, -0.1) is 12.4 Å². The zero-order chi connectivity index (χ0) is 30.8. The van der Waals surface area contributed by atoms with E-state index in [1.54, 1.807) is 17.0 Å². The molecule has 1 aliphatic rings. The minimum atomic E-state index is -0.972. The molecule has 1 aliphatic heterocycles. The van der Waals surface area contributed by atoms with Gasteiger partial charge in [0.2, 0.25) is 11.8 Å². The van der Waals surface area contributed by atoms with Crippen LogP contribution in [0.15, 0.2) is 30.6 Å². The van der Waals surface area contributed by atoms with E-state index in [-0.39, 0.29) is 41.8 Å². The third kappa shape index (κ3) is 7.61. The number of rotatable bonds is 9. The SMILES string of the molecule is COc1cc2ncnc(Nc3ccc(F)c(Cl)c3F)c2cc1NC(=O)[C@@H]1CCCN1C(=O)[C@@H](NC[C@H](C)N)C(C)(C)C.Cl. The Labute approximate surface area is 260 Å². The van der Waals surface area contributed by atoms with Gasteiger partial charge in [-0.05, 0) is 43.4 Å². The van der Waals surface area contributed by atoms with E-state index in [0.29, 0.717) is 48.3 Å². The van der Waals surface area contributed by atoms with Crippen molar-refractivity contribution >= 4 is 63.9 Å². The Kier molecular flexibility index (Phi) is 11.1. The van der Waals surface area contributed by atoms with Crippen LogP contribution in [0, 0.1) is 17.0 Å². The summed E-state index contributed by atoms with van der Waals surface area (Å²) in [6.45, 7) is 8.67. The first-order valence-electron chi connectivity index (χ1n) is 13.7. The highest BCUT2D eigenvalue weighted by molar-refractivity contribution is 6.31. The summed E-state index contributed by atoms with van der Waals surface area (Å²) in [6.07, 6.45) is 2.45. The fourth-order valence-corrected chi connectivity index (χ4v) is 5.12. The molecule has 43 heavy (non-hydrogen) atoms. The maximum absolute atomic E-state index is 14.6. The van der Waals surface area contributed by atoms with Crippen LogP contribution in [0.4, 0.5) is 26.0 Å². The summed E-state index contributed by atoms with van der Waals surface area (Å²) < 4.78 is 33.8. The van der Waals surface area contributed by atoms with Gasteiger partial charge in [-0.25, -0.2) is 18.7 Å². The number of amides is 2. The average Bonchev–Trinajstić information content (AvgIpc) is 3.43. The number of halogens is 4. The predicted molar refractivity (Wildman–Crippen MR) is 166 cm³/mol. The van der Waals surface area contributed by atoms with E-state index in [4.69, 9.17) is 22.1 Å². The molecule has 5 N–H and O–H groups in total. The van der Waals surface area contributed by atoms with Crippen LogP contribution in [0.25, 0.3) is 10.9 Å². The molecule has 0 unspecified atom stereocenters. The Morgan fingerprint density at radius 2 is 1.93 bits per heavy atom. The second-order valence-electron chi connectivity index (χ2n) is 11.5. The van der Waals surface area contributed by atoms with Gasteiger partial charge in [-0.2, -0.15) is 0 Å². The number of anilines is 3. The average molecular weight is 641 g/mol. The molecule has 1 saturated heterocycles. The number of hydrogen-bond acceptors (Lipinski definition) is 8. The molecule has 234 valence electrons. The normalized spacial score (nSPS) is 16.4. The van der Waals surface area contributed by atoms with Crippen LogP contribution in [0.1, 0.15) is 40.5 Å². The number of carbonyl (C=O) groups excluding carboxylic acids is 2. The Morgan fingerprint density at radius 1 is 1.21 bits per heavy atom. The number of nitrogens with two attached hydrogens (primary N) is 1. The van der Waals surface area contributed by atoms with Crippen LogP contribution in [0.2, 0.25) is 5.02 Å². The first-order chi connectivity index (χ1) is 19.8. The Morgan fingerprint density at radius 3 is 2.58 bits per heavy atom. The molecule has 2 heterocycles. The Balaban J connectivity index is 0.00000506. The van der Waals surface area contributed by atoms with E-state index in [0.717, 1.165) is 6.07 Å². The largest absolute Gasteiger partial charge is 0.494 e. The lowest BCUT2D eigenvalue weighted by atomic mass is 9.85. The molecule has 10 nitrogen and oxygen atoms in total. The van der Waals surface area contributed by atoms with Crippen molar-refractivity contribution in [1.82, 2.24) is 20.2 Å². The lowest BCUT2D eigenvalue weighted by molar-refractivity contribution is -0.140. The number of methoxy groups -OCH3 is 1. The molecule has 0 radical (unpaired) electrons. The van der Waals surface area contributed by atoms with E-state index in [1.165, 1.54) is 19.5 Å². The summed E-state index contributed by atoms with van der Waals surface area (Å²) in [6, 6.07) is 4.09. The van der Waals surface area contributed by atoms with Crippen molar-refractivity contribution in [3.8, 4) is 5.75 Å². The Bertz CT molecular complexity index is 1490. The maximum Gasteiger partial charge on any atom is 0.247 e. The van der Waals surface area contributed by atoms with Crippen molar-refractivity contribution in [2.75, 3.05) is 30.8 Å². The predicted octanol–water partition coefficient (Wildman–Crippen LogP) is 5.02. The second kappa shape index (κ2) is 14.0. The zero-order valence-electron chi connectivity index (χ0n) is 24.6. The topological polar surface area (TPSA) is 135 Å². The van der Waals surface area contributed by atoms with Gasteiger partial charge in [0, 0.05) is 30.6 Å². The van der Waals surface area contributed by atoms with E-state index < -0.39 is 34.2 Å². The highest BCUT2D eigenvalue weighted by Crippen LogP contribution is 2.35. The molecule has 1 aromatic heterocycles. The van der Waals surface area contributed by atoms with Crippen molar-refractivity contribution in [2.45, 2.75) is 58.7 Å². The molecule has 14 heteroatoms. The molecule has 0 aliphatic carbocycles. The van der Waals surface area contributed by atoms with E-state index in [2.05, 4.69) is 25.9 Å². The molecule has 1 fully saturated rings. The van der Waals surface area contributed by atoms with Gasteiger partial charge in [0.05, 0.1) is 30.0 Å². The second-order valence-corrected chi connectivity index (χ2v) is 11.9. The molecule has 4 rings (SSSR count). The summed E-state index contributed by atoms with van der Waals surface area (Å²) in [5.74, 6) is -1.86. The molecule has 3 aromatic rings. The van der Waals surface area contributed by atoms with Gasteiger partial charge >= 0.3 is 0 Å². The molecular formula is C29H37Cl2F2N7O3. The number of carbonyl (C=O) groups is 2. The van der Waals surface area contributed by atoms with Gasteiger partial charge < -0.3 is 31.3 Å². The van der Waals surface area contributed by atoms with Crippen molar-refractivity contribution in [3.05, 3.63) is 47.2 Å². The van der Waals surface area contributed by atoms with Crippen molar-refractivity contribution < 1.29 is 23.1 Å². The van der Waals surface area contributed by atoms with Crippen LogP contribution < -0.4 is 26.4 Å². The quantitative estimate of drug-likeness (QED) is 0.240. The minimum Gasteiger partial charge on any atom is -0.494 e. The molecular weight excluding hydrogens is 603 g/mol. The number of benzene rings is 2. The summed E-state index contributed by atoms with van der Waals surface area (Å²) in [5.41, 5.74) is 6.18. The Hall–Kier alpha value is -3.32. The molecule has 2 amide bonds. The minimum absolute atomic E-state index is 0. The van der Waals surface area contributed by atoms with Gasteiger partial charge in [0.25, 0.3) is 0 Å². The molecule has 3 atom stereocenters. The van der Waals surface area contributed by atoms with Gasteiger partial charge in [0.15, 0.2) is 5.82 Å². The summed E-state index contributed by atoms with van der Waals surface area (Å²) >= 11 is 5.74. The van der Waals surface area contributed by atoms with Crippen LogP contribution in [-0.4, -0.2) is 65.0 Å². The number of nitrogens with zero attached hydrogens (tertiary/aromatic N) is 3. The summed E-state index contributed by atoms with van der Waals surface area (Å²) in [7, 11) is 1.45. The number of nitrogens with one attached hydrogen (secondary N) is 3. The highest BCUT2D eigenvalue weighted by Gasteiger charge is 2.41. The lowest BCUT2D eigenvalue weighted by Gasteiger charge is -2.36. The first-order valence-corrected chi connectivity index (χ1v) is 14.0. The number of hydrogen-bond donors (Lipinski definition) is 4. The van der Waals surface area contributed by atoms with Crippen molar-refractivity contribution in [3.63, 3.8) is 0 Å². The van der Waals surface area contributed by atoms with Crippen LogP contribution in [0.3, 0.4) is 0 Å². The fraction of sp³-hybridized carbons (Fsp3) is 0.448. The van der Waals surface area contributed by atoms with Crippen LogP contribution in [0.5, 0.6) is 5.75 Å². The molecule has 2 aromatic carbocycles. The molecule has 0 spiro atoms. The molecule has 0 bridgehead atoms. The van der Waals surface area contributed by atoms with Crippen LogP contribution in [-0.2, 0) is 9.59 Å². The first kappa shape index (κ1) is 34.2. The van der Waals surface area contributed by atoms with Gasteiger partial charge in [0.1, 0.15) is 34.8 Å². The third-order valence-corrected chi connectivity index (χ3v) is 7.44. The summed E-state index contributed by atoms with van der Waals surface area (Å²) in [4.78, 5) is 37.4. The number of likely N-dealkylation sites (tertiary alicyclic amines) is 1. The van der Waals surface area contributed by atoms with Gasteiger partial charge in [-0.1, -0.05) is 32.4 Å². The van der Waals surface area contributed by atoms with E-state index in [9.17, 15) is 18.4 Å². The maximum atomic E-state index is 14.6. The van der Waals surface area contributed by atoms with E-state index in [1.807, 2.05) is 27.7 Å². The monoisotopic (exact) mass is 639 g/mol. The number of aromatic nitrogens is 2. The number of fused-ring (bicyclic) bond motifs is 1. The van der Waals surface area contributed by atoms with E-state index >= 15 is 0 Å². The summed E-state index contributed by atoms with van der Waals surface area (Å²) in [5, 5.41) is 8.78. The van der Waals surface area contributed by atoms with Crippen molar-refractivity contribution in [1.29, 1.82) is 0 Å². The fourth-order valence-electron chi connectivity index (χ4n) is 4.95. The smallest absolute Gasteiger partial charge is 0.247 e.